The monoisotopic (exact) mass is 544 g/mol. The van der Waals surface area contributed by atoms with Crippen LogP contribution in [-0.4, -0.2) is 89.9 Å². The Labute approximate surface area is 232 Å². The number of benzene rings is 1. The number of ether oxygens (including phenoxy) is 3. The van der Waals surface area contributed by atoms with Crippen molar-refractivity contribution in [3.05, 3.63) is 47.0 Å². The first kappa shape index (κ1) is 31.8. The Hall–Kier alpha value is -3.40. The third kappa shape index (κ3) is 11.1. The van der Waals surface area contributed by atoms with Crippen LogP contribution in [-0.2, 0) is 20.8 Å². The molecule has 0 unspecified atom stereocenters. The van der Waals surface area contributed by atoms with Crippen LogP contribution in [0.25, 0.3) is 0 Å². The highest BCUT2D eigenvalue weighted by atomic mass is 16.6. The molecule has 0 radical (unpaired) electrons. The van der Waals surface area contributed by atoms with Crippen molar-refractivity contribution in [3.63, 3.8) is 0 Å². The van der Waals surface area contributed by atoms with Crippen molar-refractivity contribution in [3.8, 4) is 0 Å². The molecule has 0 aromatic heterocycles. The topological polar surface area (TPSA) is 101 Å². The maximum absolute atomic E-state index is 13.3. The molecule has 216 valence electrons. The molecule has 1 aromatic rings. The number of piperazine rings is 1. The lowest BCUT2D eigenvalue weighted by Gasteiger charge is -2.39. The van der Waals surface area contributed by atoms with Gasteiger partial charge in [-0.05, 0) is 73.1 Å². The van der Waals surface area contributed by atoms with Crippen molar-refractivity contribution < 1.29 is 28.6 Å². The molecule has 0 N–H and O–H groups in total. The highest BCUT2D eigenvalue weighted by Crippen LogP contribution is 2.17. The number of esters is 1. The van der Waals surface area contributed by atoms with Crippen molar-refractivity contribution in [2.24, 2.45) is 4.99 Å². The first-order valence-electron chi connectivity index (χ1n) is 13.2. The van der Waals surface area contributed by atoms with E-state index in [1.807, 2.05) is 37.0 Å². The second-order valence-corrected chi connectivity index (χ2v) is 11.7. The van der Waals surface area contributed by atoms with E-state index in [9.17, 15) is 14.4 Å². The van der Waals surface area contributed by atoms with Gasteiger partial charge in [-0.3, -0.25) is 4.90 Å². The van der Waals surface area contributed by atoms with E-state index in [4.69, 9.17) is 14.2 Å². The number of allylic oxidation sites excluding steroid dienone is 1. The Morgan fingerprint density at radius 3 is 1.97 bits per heavy atom. The smallest absolute Gasteiger partial charge is 0.437 e. The van der Waals surface area contributed by atoms with Gasteiger partial charge in [0, 0.05) is 32.7 Å². The summed E-state index contributed by atoms with van der Waals surface area (Å²) in [5, 5.41) is 0. The largest absolute Gasteiger partial charge is 0.465 e. The minimum absolute atomic E-state index is 0.200. The molecule has 10 nitrogen and oxygen atoms in total. The van der Waals surface area contributed by atoms with Gasteiger partial charge in [-0.2, -0.15) is 0 Å². The predicted octanol–water partition coefficient (Wildman–Crippen LogP) is 5.09. The van der Waals surface area contributed by atoms with E-state index >= 15 is 0 Å². The van der Waals surface area contributed by atoms with Gasteiger partial charge in [0.1, 0.15) is 11.2 Å². The first-order chi connectivity index (χ1) is 18.1. The fraction of sp³-hybridized carbons (Fsp3) is 0.586. The molecule has 1 fully saturated rings. The lowest BCUT2D eigenvalue weighted by atomic mass is 10.1. The zero-order chi connectivity index (χ0) is 29.4. The second-order valence-electron chi connectivity index (χ2n) is 11.7. The van der Waals surface area contributed by atoms with Gasteiger partial charge in [-0.25, -0.2) is 19.3 Å². The molecule has 1 aliphatic rings. The quantitative estimate of drug-likeness (QED) is 0.166. The van der Waals surface area contributed by atoms with E-state index in [2.05, 4.69) is 9.89 Å². The molecule has 2 amide bonds. The third-order valence-electron chi connectivity index (χ3n) is 5.56. The van der Waals surface area contributed by atoms with Gasteiger partial charge in [0.15, 0.2) is 0 Å². The summed E-state index contributed by atoms with van der Waals surface area (Å²) in [4.78, 5) is 47.6. The van der Waals surface area contributed by atoms with Crippen LogP contribution in [0.2, 0.25) is 0 Å². The SMILES string of the molecule is COC(=O)c1ccc(CN2CCN(/C(=N\C(=O)OC(C)(C)C)N(CC=C(C)C)C(=O)OC(C)(C)C)CC2)cc1. The van der Waals surface area contributed by atoms with Crippen molar-refractivity contribution >= 4 is 24.1 Å². The molecule has 0 aliphatic carbocycles. The number of amides is 2. The number of rotatable bonds is 5. The molecule has 0 bridgehead atoms. The fourth-order valence-electron chi connectivity index (χ4n) is 3.73. The molecule has 1 aromatic carbocycles. The average molecular weight is 545 g/mol. The lowest BCUT2D eigenvalue weighted by molar-refractivity contribution is 0.0352. The van der Waals surface area contributed by atoms with Crippen molar-refractivity contribution in [2.45, 2.75) is 73.1 Å². The van der Waals surface area contributed by atoms with Gasteiger partial charge in [0.25, 0.3) is 0 Å². The van der Waals surface area contributed by atoms with Gasteiger partial charge in [-0.15, -0.1) is 4.99 Å². The third-order valence-corrected chi connectivity index (χ3v) is 5.56. The van der Waals surface area contributed by atoms with Gasteiger partial charge in [0.05, 0.1) is 19.2 Å². The Morgan fingerprint density at radius 2 is 1.49 bits per heavy atom. The molecule has 0 saturated carbocycles. The summed E-state index contributed by atoms with van der Waals surface area (Å²) in [6.07, 6.45) is 0.537. The van der Waals surface area contributed by atoms with Crippen LogP contribution in [0.5, 0.6) is 0 Å². The Kier molecular flexibility index (Phi) is 11.1. The van der Waals surface area contributed by atoms with E-state index in [0.29, 0.717) is 38.3 Å². The zero-order valence-electron chi connectivity index (χ0n) is 24.9. The average Bonchev–Trinajstić information content (AvgIpc) is 2.81. The highest BCUT2D eigenvalue weighted by Gasteiger charge is 2.32. The Morgan fingerprint density at radius 1 is 0.923 bits per heavy atom. The summed E-state index contributed by atoms with van der Waals surface area (Å²) in [5.74, 6) is -0.160. The van der Waals surface area contributed by atoms with Crippen molar-refractivity contribution in [1.29, 1.82) is 0 Å². The van der Waals surface area contributed by atoms with Gasteiger partial charge >= 0.3 is 18.2 Å². The van der Waals surface area contributed by atoms with Gasteiger partial charge in [0.2, 0.25) is 5.96 Å². The second kappa shape index (κ2) is 13.6. The molecule has 39 heavy (non-hydrogen) atoms. The molecule has 10 heteroatoms. The highest BCUT2D eigenvalue weighted by molar-refractivity contribution is 5.99. The van der Waals surface area contributed by atoms with E-state index in [1.54, 1.807) is 53.7 Å². The van der Waals surface area contributed by atoms with E-state index < -0.39 is 23.4 Å². The number of hydrogen-bond acceptors (Lipinski definition) is 7. The molecule has 0 atom stereocenters. The lowest BCUT2D eigenvalue weighted by Crippen LogP contribution is -2.55. The molecular formula is C29H44N4O6. The molecule has 1 heterocycles. The first-order valence-corrected chi connectivity index (χ1v) is 13.2. The van der Waals surface area contributed by atoms with E-state index in [0.717, 1.165) is 11.1 Å². The van der Waals surface area contributed by atoms with Crippen LogP contribution in [0.3, 0.4) is 0 Å². The van der Waals surface area contributed by atoms with Crippen LogP contribution >= 0.6 is 0 Å². The number of carbonyl (C=O) groups is 3. The maximum Gasteiger partial charge on any atom is 0.437 e. The summed E-state index contributed by atoms with van der Waals surface area (Å²) < 4.78 is 15.9. The minimum atomic E-state index is -0.767. The van der Waals surface area contributed by atoms with Crippen molar-refractivity contribution in [2.75, 3.05) is 39.8 Å². The van der Waals surface area contributed by atoms with Gasteiger partial charge in [-0.1, -0.05) is 23.8 Å². The molecule has 1 aliphatic heterocycles. The summed E-state index contributed by atoms with van der Waals surface area (Å²) in [6, 6.07) is 7.34. The predicted molar refractivity (Wildman–Crippen MR) is 151 cm³/mol. The maximum atomic E-state index is 13.3. The Balaban J connectivity index is 2.27. The summed E-state index contributed by atoms with van der Waals surface area (Å²) in [6.45, 7) is 17.9. The molecule has 0 spiro atoms. The van der Waals surface area contributed by atoms with Crippen LogP contribution < -0.4 is 0 Å². The van der Waals surface area contributed by atoms with E-state index in [1.165, 1.54) is 12.0 Å². The summed E-state index contributed by atoms with van der Waals surface area (Å²) in [5.41, 5.74) is 1.14. The number of nitrogens with zero attached hydrogens (tertiary/aromatic N) is 4. The number of carbonyl (C=O) groups excluding carboxylic acids is 3. The van der Waals surface area contributed by atoms with Crippen LogP contribution in [0.4, 0.5) is 9.59 Å². The van der Waals surface area contributed by atoms with Gasteiger partial charge < -0.3 is 19.1 Å². The molecular weight excluding hydrogens is 500 g/mol. The van der Waals surface area contributed by atoms with Crippen molar-refractivity contribution in [1.82, 2.24) is 14.7 Å². The number of aliphatic imine (C=N–C) groups is 1. The summed E-state index contributed by atoms with van der Waals surface area (Å²) >= 11 is 0. The van der Waals surface area contributed by atoms with E-state index in [-0.39, 0.29) is 18.5 Å². The molecule has 2 rings (SSSR count). The van der Waals surface area contributed by atoms with Crippen LogP contribution in [0.15, 0.2) is 40.9 Å². The molecule has 1 saturated heterocycles. The standard InChI is InChI=1S/C29H44N4O6/c1-21(2)14-15-33(27(36)39-29(6,7)8)25(30-26(35)38-28(3,4)5)32-18-16-31(17-19-32)20-22-10-12-23(13-11-22)24(34)37-9/h10-14H,15-20H2,1-9H3/b30-25+. The van der Waals surface area contributed by atoms with Crippen LogP contribution in [0, 0.1) is 0 Å². The Bertz CT molecular complexity index is 1050. The minimum Gasteiger partial charge on any atom is -0.465 e. The number of methoxy groups -OCH3 is 1. The summed E-state index contributed by atoms with van der Waals surface area (Å²) in [7, 11) is 1.36. The number of guanidine groups is 1. The zero-order valence-corrected chi connectivity index (χ0v) is 24.9. The number of hydrogen-bond donors (Lipinski definition) is 0. The normalized spacial score (nSPS) is 14.9. The van der Waals surface area contributed by atoms with Crippen LogP contribution in [0.1, 0.15) is 71.3 Å². The fourth-order valence-corrected chi connectivity index (χ4v) is 3.73.